The molecule has 1 heteroatoms. The Kier molecular flexibility index (Phi) is 3.16. The summed E-state index contributed by atoms with van der Waals surface area (Å²) in [6, 6.07) is 0. The highest BCUT2D eigenvalue weighted by Gasteiger charge is 2.50. The summed E-state index contributed by atoms with van der Waals surface area (Å²) in [6.45, 7) is 11.2. The fourth-order valence-electron chi connectivity index (χ4n) is 4.48. The van der Waals surface area contributed by atoms with Crippen molar-refractivity contribution in [3.8, 4) is 0 Å². The van der Waals surface area contributed by atoms with Gasteiger partial charge in [-0.3, -0.25) is 4.79 Å². The van der Waals surface area contributed by atoms with E-state index in [1.807, 2.05) is 0 Å². The molecule has 0 amide bonds. The highest BCUT2D eigenvalue weighted by atomic mass is 16.1. The van der Waals surface area contributed by atoms with Gasteiger partial charge in [-0.05, 0) is 49.4 Å². The maximum atomic E-state index is 12.0. The molecule has 0 heterocycles. The summed E-state index contributed by atoms with van der Waals surface area (Å²) in [5.74, 6) is 2.60. The van der Waals surface area contributed by atoms with Crippen molar-refractivity contribution in [1.29, 1.82) is 0 Å². The van der Waals surface area contributed by atoms with Crippen molar-refractivity contribution in [2.75, 3.05) is 0 Å². The van der Waals surface area contributed by atoms with E-state index in [1.165, 1.54) is 25.7 Å². The summed E-state index contributed by atoms with van der Waals surface area (Å²) in [7, 11) is 0. The van der Waals surface area contributed by atoms with E-state index in [0.29, 0.717) is 17.1 Å². The molecule has 2 aliphatic rings. The average Bonchev–Trinajstić information content (AvgIpc) is 2.20. The summed E-state index contributed by atoms with van der Waals surface area (Å²) < 4.78 is 0. The molecule has 0 spiro atoms. The van der Waals surface area contributed by atoms with Crippen LogP contribution in [0.5, 0.6) is 0 Å². The van der Waals surface area contributed by atoms with Crippen molar-refractivity contribution in [1.82, 2.24) is 0 Å². The first-order valence-corrected chi connectivity index (χ1v) is 7.28. The molecule has 0 aromatic heterocycles. The monoisotopic (exact) mass is 236 g/mol. The molecular formula is C16H28O. The van der Waals surface area contributed by atoms with Gasteiger partial charge in [0, 0.05) is 5.41 Å². The number of hydrogen-bond acceptors (Lipinski definition) is 1. The van der Waals surface area contributed by atoms with Gasteiger partial charge in [-0.15, -0.1) is 0 Å². The Morgan fingerprint density at radius 1 is 1.24 bits per heavy atom. The fraction of sp³-hybridized carbons (Fsp3) is 0.938. The van der Waals surface area contributed by atoms with Gasteiger partial charge in [0.05, 0.1) is 0 Å². The van der Waals surface area contributed by atoms with Gasteiger partial charge in [-0.1, -0.05) is 40.5 Å². The van der Waals surface area contributed by atoms with Crippen LogP contribution in [0.2, 0.25) is 0 Å². The van der Waals surface area contributed by atoms with Crippen molar-refractivity contribution in [2.24, 2.45) is 28.6 Å². The van der Waals surface area contributed by atoms with Crippen LogP contribution in [0.4, 0.5) is 0 Å². The maximum Gasteiger partial charge on any atom is 0.135 e. The Hall–Kier alpha value is -0.330. The maximum absolute atomic E-state index is 12.0. The lowest BCUT2D eigenvalue weighted by Crippen LogP contribution is -2.48. The van der Waals surface area contributed by atoms with Gasteiger partial charge in [-0.2, -0.15) is 0 Å². The van der Waals surface area contributed by atoms with Crippen LogP contribution in [0.3, 0.4) is 0 Å². The van der Waals surface area contributed by atoms with Crippen LogP contribution in [0.25, 0.3) is 0 Å². The Morgan fingerprint density at radius 2 is 1.88 bits per heavy atom. The number of rotatable bonds is 1. The first-order valence-electron chi connectivity index (χ1n) is 7.28. The first kappa shape index (κ1) is 13.1. The third kappa shape index (κ3) is 2.06. The SMILES string of the molecule is CC(=O)C1(C)CC2CCCC(C)(C)C2CC1C. The van der Waals surface area contributed by atoms with E-state index in [9.17, 15) is 4.79 Å². The smallest absolute Gasteiger partial charge is 0.135 e. The third-order valence-electron chi connectivity index (χ3n) is 6.15. The Morgan fingerprint density at radius 3 is 2.47 bits per heavy atom. The molecule has 2 aliphatic carbocycles. The Bertz CT molecular complexity index is 317. The van der Waals surface area contributed by atoms with Crippen LogP contribution in [0.15, 0.2) is 0 Å². The molecule has 0 aliphatic heterocycles. The van der Waals surface area contributed by atoms with E-state index in [0.717, 1.165) is 18.3 Å². The van der Waals surface area contributed by atoms with Crippen LogP contribution < -0.4 is 0 Å². The van der Waals surface area contributed by atoms with Crippen LogP contribution >= 0.6 is 0 Å². The van der Waals surface area contributed by atoms with Crippen LogP contribution in [-0.2, 0) is 4.79 Å². The molecule has 4 atom stereocenters. The van der Waals surface area contributed by atoms with Crippen LogP contribution in [0, 0.1) is 28.6 Å². The van der Waals surface area contributed by atoms with Gasteiger partial charge >= 0.3 is 0 Å². The lowest BCUT2D eigenvalue weighted by atomic mass is 9.51. The second-order valence-corrected chi connectivity index (χ2v) is 7.56. The molecule has 2 rings (SSSR count). The zero-order valence-corrected chi connectivity index (χ0v) is 12.2. The molecule has 0 aromatic carbocycles. The number of fused-ring (bicyclic) bond motifs is 1. The molecule has 0 N–H and O–H groups in total. The normalized spacial score (nSPS) is 45.1. The predicted molar refractivity (Wildman–Crippen MR) is 71.8 cm³/mol. The summed E-state index contributed by atoms with van der Waals surface area (Å²) in [6.07, 6.45) is 6.48. The molecule has 0 bridgehead atoms. The molecule has 4 unspecified atom stereocenters. The zero-order chi connectivity index (χ0) is 12.8. The molecule has 0 aromatic rings. The fourth-order valence-corrected chi connectivity index (χ4v) is 4.48. The number of carbonyl (C=O) groups is 1. The molecule has 1 nitrogen and oxygen atoms in total. The second-order valence-electron chi connectivity index (χ2n) is 7.56. The van der Waals surface area contributed by atoms with Crippen molar-refractivity contribution in [3.05, 3.63) is 0 Å². The number of Topliss-reactive ketones (excluding diaryl/α,β-unsaturated/α-hetero) is 1. The van der Waals surface area contributed by atoms with Gasteiger partial charge in [0.1, 0.15) is 5.78 Å². The van der Waals surface area contributed by atoms with Crippen molar-refractivity contribution >= 4 is 5.78 Å². The number of hydrogen-bond donors (Lipinski definition) is 0. The quantitative estimate of drug-likeness (QED) is 0.657. The van der Waals surface area contributed by atoms with Crippen molar-refractivity contribution in [2.45, 2.75) is 66.7 Å². The van der Waals surface area contributed by atoms with E-state index in [2.05, 4.69) is 27.7 Å². The number of carbonyl (C=O) groups excluding carboxylic acids is 1. The highest BCUT2D eigenvalue weighted by molar-refractivity contribution is 5.82. The summed E-state index contributed by atoms with van der Waals surface area (Å²) in [4.78, 5) is 12.0. The first-order chi connectivity index (χ1) is 7.77. The molecule has 2 fully saturated rings. The topological polar surface area (TPSA) is 17.1 Å². The molecular weight excluding hydrogens is 208 g/mol. The Balaban J connectivity index is 2.23. The van der Waals surface area contributed by atoms with E-state index < -0.39 is 0 Å². The minimum absolute atomic E-state index is 0.0470. The lowest BCUT2D eigenvalue weighted by Gasteiger charge is -2.53. The van der Waals surface area contributed by atoms with Gasteiger partial charge < -0.3 is 0 Å². The van der Waals surface area contributed by atoms with E-state index in [1.54, 1.807) is 6.92 Å². The lowest BCUT2D eigenvalue weighted by molar-refractivity contribution is -0.136. The molecule has 17 heavy (non-hydrogen) atoms. The molecule has 0 saturated heterocycles. The van der Waals surface area contributed by atoms with Crippen LogP contribution in [0.1, 0.15) is 66.7 Å². The van der Waals surface area contributed by atoms with Gasteiger partial charge in [0.2, 0.25) is 0 Å². The van der Waals surface area contributed by atoms with Crippen molar-refractivity contribution in [3.63, 3.8) is 0 Å². The minimum atomic E-state index is -0.0470. The van der Waals surface area contributed by atoms with E-state index in [-0.39, 0.29) is 5.41 Å². The Labute approximate surface area is 106 Å². The zero-order valence-electron chi connectivity index (χ0n) is 12.2. The molecule has 0 radical (unpaired) electrons. The summed E-state index contributed by atoms with van der Waals surface area (Å²) >= 11 is 0. The van der Waals surface area contributed by atoms with Gasteiger partial charge in [0.25, 0.3) is 0 Å². The summed E-state index contributed by atoms with van der Waals surface area (Å²) in [5, 5.41) is 0. The summed E-state index contributed by atoms with van der Waals surface area (Å²) in [5.41, 5.74) is 0.448. The average molecular weight is 236 g/mol. The highest BCUT2D eigenvalue weighted by Crippen LogP contribution is 2.56. The third-order valence-corrected chi connectivity index (χ3v) is 6.15. The molecule has 2 saturated carbocycles. The second kappa shape index (κ2) is 4.10. The van der Waals surface area contributed by atoms with Crippen molar-refractivity contribution < 1.29 is 4.79 Å². The predicted octanol–water partition coefficient (Wildman–Crippen LogP) is 4.45. The van der Waals surface area contributed by atoms with E-state index >= 15 is 0 Å². The van der Waals surface area contributed by atoms with Crippen LogP contribution in [-0.4, -0.2) is 5.78 Å². The largest absolute Gasteiger partial charge is 0.299 e. The van der Waals surface area contributed by atoms with Gasteiger partial charge in [-0.25, -0.2) is 0 Å². The minimum Gasteiger partial charge on any atom is -0.299 e. The number of ketones is 1. The van der Waals surface area contributed by atoms with E-state index in [4.69, 9.17) is 0 Å². The molecule has 98 valence electrons. The van der Waals surface area contributed by atoms with Gasteiger partial charge in [0.15, 0.2) is 0 Å². The standard InChI is InChI=1S/C16H28O/c1-11-9-14-13(7-6-8-15(14,3)4)10-16(11,5)12(2)17/h11,13-14H,6-10H2,1-5H3.